The molecule has 0 aliphatic carbocycles. The van der Waals surface area contributed by atoms with Gasteiger partial charge < -0.3 is 16.5 Å². The molecule has 0 fully saturated rings. The zero-order valence-electron chi connectivity index (χ0n) is 15.9. The highest BCUT2D eigenvalue weighted by Crippen LogP contribution is 2.33. The number of fused-ring (bicyclic) bond motifs is 2. The van der Waals surface area contributed by atoms with Crippen LogP contribution in [0.1, 0.15) is 10.5 Å². The van der Waals surface area contributed by atoms with Gasteiger partial charge in [-0.1, -0.05) is 47.5 Å². The maximum Gasteiger partial charge on any atom is 0.271 e. The van der Waals surface area contributed by atoms with Gasteiger partial charge in [0.05, 0.1) is 16.7 Å². The molecule has 2 aromatic heterocycles. The molecule has 7 nitrogen and oxygen atoms in total. The van der Waals surface area contributed by atoms with Gasteiger partial charge in [0.1, 0.15) is 11.3 Å². The van der Waals surface area contributed by atoms with Gasteiger partial charge in [-0.3, -0.25) is 4.79 Å². The van der Waals surface area contributed by atoms with E-state index in [2.05, 4.69) is 20.2 Å². The van der Waals surface area contributed by atoms with E-state index in [1.807, 2.05) is 30.3 Å². The quantitative estimate of drug-likeness (QED) is 0.364. The van der Waals surface area contributed by atoms with Gasteiger partial charge >= 0.3 is 0 Å². The van der Waals surface area contributed by atoms with Crippen LogP contribution in [0.2, 0.25) is 10.0 Å². The lowest BCUT2D eigenvalue weighted by atomic mass is 10.0. The fraction of sp³-hybridized carbons (Fsp3) is 0. The number of rotatable bonds is 3. The fourth-order valence-corrected chi connectivity index (χ4v) is 4.10. The molecule has 0 radical (unpaired) electrons. The van der Waals surface area contributed by atoms with Crippen molar-refractivity contribution < 1.29 is 4.79 Å². The Labute approximate surface area is 186 Å². The number of benzene rings is 3. The Kier molecular flexibility index (Phi) is 4.50. The first-order chi connectivity index (χ1) is 14.9. The van der Waals surface area contributed by atoms with Gasteiger partial charge in [-0.2, -0.15) is 0 Å². The number of nitrogen functional groups attached to an aromatic ring is 1. The van der Waals surface area contributed by atoms with E-state index in [-0.39, 0.29) is 11.4 Å². The number of primary amides is 1. The van der Waals surface area contributed by atoms with Crippen LogP contribution < -0.4 is 11.5 Å². The minimum atomic E-state index is -0.718. The highest BCUT2D eigenvalue weighted by molar-refractivity contribution is 6.35. The van der Waals surface area contributed by atoms with E-state index in [0.29, 0.717) is 26.8 Å². The number of imidazole rings is 1. The van der Waals surface area contributed by atoms with Crippen LogP contribution in [-0.2, 0) is 0 Å². The van der Waals surface area contributed by atoms with Crippen molar-refractivity contribution in [1.82, 2.24) is 20.2 Å². The maximum atomic E-state index is 11.5. The van der Waals surface area contributed by atoms with E-state index in [0.717, 1.165) is 27.7 Å². The lowest BCUT2D eigenvalue weighted by Crippen LogP contribution is -2.16. The molecule has 0 spiro atoms. The zero-order chi connectivity index (χ0) is 21.7. The molecule has 5 N–H and O–H groups in total. The van der Waals surface area contributed by atoms with Crippen LogP contribution in [0.4, 0.5) is 5.69 Å². The second-order valence-electron chi connectivity index (χ2n) is 7.00. The molecule has 0 saturated carbocycles. The molecule has 1 amide bonds. The molecular formula is C22H14Cl2N6O. The molecule has 0 atom stereocenters. The minimum absolute atomic E-state index is 0.0431. The average Bonchev–Trinajstić information content (AvgIpc) is 3.16. The summed E-state index contributed by atoms with van der Waals surface area (Å²) in [6.07, 6.45) is 0. The predicted molar refractivity (Wildman–Crippen MR) is 123 cm³/mol. The summed E-state index contributed by atoms with van der Waals surface area (Å²) in [5.41, 5.74) is 16.3. The highest BCUT2D eigenvalue weighted by Gasteiger charge is 2.16. The smallest absolute Gasteiger partial charge is 0.271 e. The van der Waals surface area contributed by atoms with Gasteiger partial charge in [0.15, 0.2) is 5.69 Å². The SMILES string of the molecule is NC(=O)c1nnc2c(-c3ccc4nc(-c5cc(Cl)cc(Cl)c5)[nH]c4c3)cccc2c1N. The first-order valence-corrected chi connectivity index (χ1v) is 9.97. The first kappa shape index (κ1) is 19.3. The van der Waals surface area contributed by atoms with E-state index in [9.17, 15) is 4.79 Å². The number of nitrogens with two attached hydrogens (primary N) is 2. The summed E-state index contributed by atoms with van der Waals surface area (Å²) in [5, 5.41) is 9.80. The van der Waals surface area contributed by atoms with Gasteiger partial charge in [-0.15, -0.1) is 10.2 Å². The number of hydrogen-bond donors (Lipinski definition) is 3. The van der Waals surface area contributed by atoms with Crippen LogP contribution in [0.3, 0.4) is 0 Å². The minimum Gasteiger partial charge on any atom is -0.396 e. The normalized spacial score (nSPS) is 11.3. The summed E-state index contributed by atoms with van der Waals surface area (Å²) in [6.45, 7) is 0. The molecule has 0 bridgehead atoms. The molecular weight excluding hydrogens is 435 g/mol. The highest BCUT2D eigenvalue weighted by atomic mass is 35.5. The maximum absolute atomic E-state index is 11.5. The van der Waals surface area contributed by atoms with Crippen molar-refractivity contribution in [2.75, 3.05) is 5.73 Å². The van der Waals surface area contributed by atoms with Gasteiger partial charge in [0.25, 0.3) is 5.91 Å². The van der Waals surface area contributed by atoms with Gasteiger partial charge in [-0.05, 0) is 35.9 Å². The van der Waals surface area contributed by atoms with Crippen LogP contribution >= 0.6 is 23.2 Å². The number of aromatic amines is 1. The van der Waals surface area contributed by atoms with Crippen molar-refractivity contribution in [3.05, 3.63) is 70.3 Å². The monoisotopic (exact) mass is 448 g/mol. The van der Waals surface area contributed by atoms with Crippen LogP contribution in [0.15, 0.2) is 54.6 Å². The van der Waals surface area contributed by atoms with Crippen molar-refractivity contribution >= 4 is 56.7 Å². The molecule has 0 aliphatic rings. The Morgan fingerprint density at radius 2 is 1.71 bits per heavy atom. The Morgan fingerprint density at radius 3 is 2.45 bits per heavy atom. The zero-order valence-corrected chi connectivity index (χ0v) is 17.4. The van der Waals surface area contributed by atoms with Crippen LogP contribution in [0.5, 0.6) is 0 Å². The van der Waals surface area contributed by atoms with E-state index in [1.54, 1.807) is 24.3 Å². The van der Waals surface area contributed by atoms with Gasteiger partial charge in [0.2, 0.25) is 0 Å². The molecule has 152 valence electrons. The number of hydrogen-bond acceptors (Lipinski definition) is 5. The number of carbonyl (C=O) groups excluding carboxylic acids is 1. The van der Waals surface area contributed by atoms with Gasteiger partial charge in [-0.25, -0.2) is 4.98 Å². The molecule has 5 aromatic rings. The third kappa shape index (κ3) is 3.34. The van der Waals surface area contributed by atoms with Crippen molar-refractivity contribution in [3.8, 4) is 22.5 Å². The van der Waals surface area contributed by atoms with E-state index in [4.69, 9.17) is 34.7 Å². The summed E-state index contributed by atoms with van der Waals surface area (Å²) in [7, 11) is 0. The van der Waals surface area contributed by atoms with E-state index in [1.165, 1.54) is 0 Å². The molecule has 0 aliphatic heterocycles. The Balaban J connectivity index is 1.65. The number of anilines is 1. The molecule has 31 heavy (non-hydrogen) atoms. The van der Waals surface area contributed by atoms with E-state index >= 15 is 0 Å². The number of carbonyl (C=O) groups is 1. The first-order valence-electron chi connectivity index (χ1n) is 9.22. The fourth-order valence-electron chi connectivity index (χ4n) is 3.57. The van der Waals surface area contributed by atoms with E-state index < -0.39 is 5.91 Å². The van der Waals surface area contributed by atoms with Crippen LogP contribution in [-0.4, -0.2) is 26.1 Å². The molecule has 9 heteroatoms. The number of nitrogens with zero attached hydrogens (tertiary/aromatic N) is 3. The third-order valence-electron chi connectivity index (χ3n) is 4.99. The molecule has 3 aromatic carbocycles. The summed E-state index contributed by atoms with van der Waals surface area (Å²) >= 11 is 12.2. The second-order valence-corrected chi connectivity index (χ2v) is 7.88. The molecule has 0 saturated heterocycles. The van der Waals surface area contributed by atoms with Crippen molar-refractivity contribution in [2.45, 2.75) is 0 Å². The predicted octanol–water partition coefficient (Wildman–Crippen LogP) is 4.83. The molecule has 0 unspecified atom stereocenters. The summed E-state index contributed by atoms with van der Waals surface area (Å²) in [4.78, 5) is 19.5. The largest absolute Gasteiger partial charge is 0.396 e. The molecule has 2 heterocycles. The number of aromatic nitrogens is 4. The molecule has 5 rings (SSSR count). The second kappa shape index (κ2) is 7.23. The third-order valence-corrected chi connectivity index (χ3v) is 5.43. The number of nitrogens with one attached hydrogen (secondary N) is 1. The Bertz CT molecular complexity index is 1490. The van der Waals surface area contributed by atoms with Crippen LogP contribution in [0.25, 0.3) is 44.5 Å². The van der Waals surface area contributed by atoms with Crippen molar-refractivity contribution in [1.29, 1.82) is 0 Å². The standard InChI is InChI=1S/C22H14Cl2N6O/c23-12-6-11(7-13(24)9-12)22-27-16-5-4-10(8-17(16)28-22)14-2-1-3-15-18(25)20(21(26)31)30-29-19(14)15/h1-9H,(H2,25,29)(H2,26,31)(H,27,28). The topological polar surface area (TPSA) is 124 Å². The number of amides is 1. The lowest BCUT2D eigenvalue weighted by Gasteiger charge is -2.09. The Morgan fingerprint density at radius 1 is 0.935 bits per heavy atom. The average molecular weight is 449 g/mol. The van der Waals surface area contributed by atoms with Gasteiger partial charge in [0, 0.05) is 26.6 Å². The Hall–Kier alpha value is -3.68. The van der Waals surface area contributed by atoms with Crippen molar-refractivity contribution in [2.24, 2.45) is 5.73 Å². The summed E-state index contributed by atoms with van der Waals surface area (Å²) < 4.78 is 0. The lowest BCUT2D eigenvalue weighted by molar-refractivity contribution is 0.0996. The van der Waals surface area contributed by atoms with Crippen molar-refractivity contribution in [3.63, 3.8) is 0 Å². The summed E-state index contributed by atoms with van der Waals surface area (Å²) in [6, 6.07) is 16.6. The number of halogens is 2. The van der Waals surface area contributed by atoms with Crippen LogP contribution in [0, 0.1) is 0 Å². The number of H-pyrrole nitrogens is 1. The summed E-state index contributed by atoms with van der Waals surface area (Å²) in [5.74, 6) is -0.0607.